The Morgan fingerprint density at radius 1 is 0.769 bits per heavy atom. The van der Waals surface area contributed by atoms with E-state index in [9.17, 15) is 0 Å². The van der Waals surface area contributed by atoms with Gasteiger partial charge in [0.1, 0.15) is 0 Å². The minimum absolute atomic E-state index is 1.23. The van der Waals surface area contributed by atoms with E-state index in [1.165, 1.54) is 66.8 Å². The van der Waals surface area contributed by atoms with Gasteiger partial charge >= 0.3 is 179 Å². The molecule has 0 aliphatic rings. The molecule has 0 unspecified atom stereocenters. The zero-order chi connectivity index (χ0) is 18.7. The van der Waals surface area contributed by atoms with Gasteiger partial charge in [0, 0.05) is 0 Å². The van der Waals surface area contributed by atoms with E-state index >= 15 is 0 Å². The third-order valence-corrected chi connectivity index (χ3v) is 15.4. The average molecular weight is 500 g/mol. The van der Waals surface area contributed by atoms with E-state index in [0.29, 0.717) is 0 Å². The fraction of sp³-hybridized carbons (Fsp3) is 0.478. The molecular formula is C23H34IPS. The molecular weight excluding hydrogens is 466 g/mol. The number of thioether (sulfide) groups is 1. The van der Waals surface area contributed by atoms with Crippen LogP contribution < -0.4 is 0 Å². The number of hydrogen-bond donors (Lipinski definition) is 0. The van der Waals surface area contributed by atoms with Crippen LogP contribution in [-0.4, -0.2) is 36.7 Å². The van der Waals surface area contributed by atoms with Gasteiger partial charge in [0.15, 0.2) is 0 Å². The molecule has 0 atom stereocenters. The van der Waals surface area contributed by atoms with Crippen LogP contribution in [0, 0.1) is 0 Å². The van der Waals surface area contributed by atoms with Gasteiger partial charge in [0.2, 0.25) is 0 Å². The summed E-state index contributed by atoms with van der Waals surface area (Å²) in [4.78, 5) is 0. The molecule has 0 aliphatic carbocycles. The van der Waals surface area contributed by atoms with Crippen LogP contribution in [0.1, 0.15) is 30.9 Å². The van der Waals surface area contributed by atoms with Crippen molar-refractivity contribution in [1.29, 1.82) is 0 Å². The molecule has 0 aromatic heterocycles. The molecule has 2 rings (SSSR count). The Hall–Kier alpha value is -0.0500. The van der Waals surface area contributed by atoms with Gasteiger partial charge in [-0.3, -0.25) is 0 Å². The predicted octanol–water partition coefficient (Wildman–Crippen LogP) is 7.54. The Morgan fingerprint density at radius 2 is 1.27 bits per heavy atom. The summed E-state index contributed by atoms with van der Waals surface area (Å²) in [6, 6.07) is 22.1. The number of aryl methyl sites for hydroxylation is 2. The number of unbranched alkanes of at least 4 members (excludes halogenated alkanes) is 1. The Morgan fingerprint density at radius 3 is 1.73 bits per heavy atom. The van der Waals surface area contributed by atoms with Crippen molar-refractivity contribution in [3.8, 4) is 0 Å². The minimum atomic E-state index is -1.71. The summed E-state index contributed by atoms with van der Waals surface area (Å²) in [5.74, 6) is 2.66. The molecule has 0 saturated carbocycles. The van der Waals surface area contributed by atoms with Crippen LogP contribution in [0.2, 0.25) is 0 Å². The van der Waals surface area contributed by atoms with Crippen molar-refractivity contribution in [2.24, 2.45) is 0 Å². The molecule has 0 radical (unpaired) electrons. The normalized spacial score (nSPS) is 13.3. The van der Waals surface area contributed by atoms with Crippen LogP contribution in [0.5, 0.6) is 0 Å². The number of hydrogen-bond acceptors (Lipinski definition) is 1. The molecule has 0 nitrogen and oxygen atoms in total. The fourth-order valence-corrected chi connectivity index (χ4v) is 12.1. The molecule has 0 aliphatic heterocycles. The van der Waals surface area contributed by atoms with Gasteiger partial charge in [-0.05, 0) is 0 Å². The maximum absolute atomic E-state index is 2.94. The van der Waals surface area contributed by atoms with Gasteiger partial charge in [0.25, 0.3) is 0 Å². The van der Waals surface area contributed by atoms with Crippen molar-refractivity contribution in [3.63, 3.8) is 0 Å². The van der Waals surface area contributed by atoms with E-state index in [4.69, 9.17) is 0 Å². The van der Waals surface area contributed by atoms with Gasteiger partial charge in [0.05, 0.1) is 0 Å². The summed E-state index contributed by atoms with van der Waals surface area (Å²) in [5, 5.41) is 0. The SMILES string of the molecule is CCCCSCCP(C)(I)(CCc1ccccc1)CCc1ccccc1. The maximum atomic E-state index is 2.94. The second kappa shape index (κ2) is 11.1. The van der Waals surface area contributed by atoms with Crippen LogP contribution in [0.25, 0.3) is 0 Å². The summed E-state index contributed by atoms with van der Waals surface area (Å²) < 4.78 is -1.71. The second-order valence-corrected chi connectivity index (χ2v) is 23.7. The Balaban J connectivity index is 2.00. The first-order valence-electron chi connectivity index (χ1n) is 9.88. The third kappa shape index (κ3) is 8.31. The molecule has 0 bridgehead atoms. The summed E-state index contributed by atoms with van der Waals surface area (Å²) in [7, 11) is 0. The Kier molecular flexibility index (Phi) is 9.47. The molecule has 26 heavy (non-hydrogen) atoms. The predicted molar refractivity (Wildman–Crippen MR) is 134 cm³/mol. The van der Waals surface area contributed by atoms with Crippen molar-refractivity contribution in [2.45, 2.75) is 32.6 Å². The molecule has 0 saturated heterocycles. The van der Waals surface area contributed by atoms with Crippen LogP contribution in [0.4, 0.5) is 0 Å². The van der Waals surface area contributed by atoms with Crippen LogP contribution in [-0.2, 0) is 12.8 Å². The summed E-state index contributed by atoms with van der Waals surface area (Å²) in [6.07, 6.45) is 9.29. The first-order chi connectivity index (χ1) is 12.5. The Bertz CT molecular complexity index is 580. The van der Waals surface area contributed by atoms with E-state index in [1.54, 1.807) is 0 Å². The number of rotatable bonds is 12. The van der Waals surface area contributed by atoms with Crippen molar-refractivity contribution >= 4 is 38.0 Å². The van der Waals surface area contributed by atoms with Crippen LogP contribution in [0.3, 0.4) is 0 Å². The molecule has 0 N–H and O–H groups in total. The van der Waals surface area contributed by atoms with Crippen molar-refractivity contribution < 1.29 is 0 Å². The number of benzene rings is 2. The molecule has 2 aromatic carbocycles. The quantitative estimate of drug-likeness (QED) is 0.165. The van der Waals surface area contributed by atoms with Gasteiger partial charge < -0.3 is 0 Å². The standard InChI is InChI=1S/C23H34IPS/c1-3-4-20-26-21-19-25(2,24,17-15-22-11-7-5-8-12-22)18-16-23-13-9-6-10-14-23/h5-14H,3-4,15-21H2,1-2H3. The Labute approximate surface area is 178 Å². The van der Waals surface area contributed by atoms with Crippen LogP contribution in [0.15, 0.2) is 60.7 Å². The molecule has 2 aromatic rings. The van der Waals surface area contributed by atoms with Gasteiger partial charge in [-0.15, -0.1) is 0 Å². The average Bonchev–Trinajstić information content (AvgIpc) is 2.67. The van der Waals surface area contributed by atoms with E-state index in [0.717, 1.165) is 0 Å². The summed E-state index contributed by atoms with van der Waals surface area (Å²) in [5.41, 5.74) is 3.00. The molecule has 0 spiro atoms. The topological polar surface area (TPSA) is 0 Å². The second-order valence-electron chi connectivity index (χ2n) is 7.76. The van der Waals surface area contributed by atoms with Gasteiger partial charge in [-0.25, -0.2) is 0 Å². The van der Waals surface area contributed by atoms with Crippen molar-refractivity contribution in [3.05, 3.63) is 71.8 Å². The van der Waals surface area contributed by atoms with Gasteiger partial charge in [-0.1, -0.05) is 0 Å². The van der Waals surface area contributed by atoms with E-state index in [-0.39, 0.29) is 0 Å². The van der Waals surface area contributed by atoms with Gasteiger partial charge in [-0.2, -0.15) is 0 Å². The first kappa shape index (κ1) is 22.2. The number of halogens is 1. The molecule has 0 heterocycles. The zero-order valence-electron chi connectivity index (χ0n) is 16.4. The zero-order valence-corrected chi connectivity index (χ0v) is 20.2. The molecule has 0 amide bonds. The van der Waals surface area contributed by atoms with E-state index < -0.39 is 4.25 Å². The molecule has 3 heteroatoms. The first-order valence-corrected chi connectivity index (χ1v) is 17.1. The molecule has 144 valence electrons. The monoisotopic (exact) mass is 500 g/mol. The van der Waals surface area contributed by atoms with Crippen molar-refractivity contribution in [2.75, 3.05) is 36.7 Å². The fourth-order valence-electron chi connectivity index (χ4n) is 3.18. The van der Waals surface area contributed by atoms with Crippen LogP contribution >= 0.6 is 38.0 Å². The van der Waals surface area contributed by atoms with E-state index in [2.05, 4.69) is 108 Å². The van der Waals surface area contributed by atoms with Crippen molar-refractivity contribution in [1.82, 2.24) is 0 Å². The summed E-state index contributed by atoms with van der Waals surface area (Å²) in [6.45, 7) is 4.94. The third-order valence-electron chi connectivity index (χ3n) is 5.24. The summed E-state index contributed by atoms with van der Waals surface area (Å²) >= 11 is 5.12. The molecule has 0 fully saturated rings. The van der Waals surface area contributed by atoms with E-state index in [1.807, 2.05) is 0 Å².